The fourth-order valence-corrected chi connectivity index (χ4v) is 3.38. The number of likely N-dealkylation sites (tertiary alicyclic amines) is 1. The van der Waals surface area contributed by atoms with Gasteiger partial charge in [-0.1, -0.05) is 18.2 Å². The summed E-state index contributed by atoms with van der Waals surface area (Å²) < 4.78 is 0. The number of aromatic nitrogens is 3. The molecule has 0 aliphatic carbocycles. The highest BCUT2D eigenvalue weighted by atomic mass is 16.2. The minimum Gasteiger partial charge on any atom is -0.351 e. The zero-order chi connectivity index (χ0) is 15.8. The van der Waals surface area contributed by atoms with E-state index in [9.17, 15) is 4.79 Å². The molecule has 1 aliphatic heterocycles. The number of benzene rings is 1. The van der Waals surface area contributed by atoms with Crippen molar-refractivity contribution in [2.24, 2.45) is 0 Å². The van der Waals surface area contributed by atoms with Crippen LogP contribution in [0, 0.1) is 6.92 Å². The van der Waals surface area contributed by atoms with E-state index >= 15 is 0 Å². The Kier molecular flexibility index (Phi) is 3.41. The van der Waals surface area contributed by atoms with E-state index in [0.717, 1.165) is 48.4 Å². The minimum absolute atomic E-state index is 0.0779. The molecule has 0 saturated carbocycles. The summed E-state index contributed by atoms with van der Waals surface area (Å²) >= 11 is 0. The molecule has 0 spiro atoms. The summed E-state index contributed by atoms with van der Waals surface area (Å²) in [5, 5.41) is 1.08. The Morgan fingerprint density at radius 3 is 2.96 bits per heavy atom. The topological polar surface area (TPSA) is 64.8 Å². The number of H-pyrrole nitrogens is 2. The summed E-state index contributed by atoms with van der Waals surface area (Å²) in [6.45, 7) is 3.54. The molecule has 1 saturated heterocycles. The van der Waals surface area contributed by atoms with Crippen LogP contribution in [0.2, 0.25) is 0 Å². The van der Waals surface area contributed by atoms with E-state index in [1.54, 1.807) is 0 Å². The molecule has 2 aromatic heterocycles. The average Bonchev–Trinajstić information content (AvgIpc) is 3.20. The first-order valence-electron chi connectivity index (χ1n) is 8.09. The lowest BCUT2D eigenvalue weighted by atomic mass is 9.97. The molecule has 3 heterocycles. The van der Waals surface area contributed by atoms with E-state index in [2.05, 4.69) is 15.0 Å². The number of aromatic amines is 2. The summed E-state index contributed by atoms with van der Waals surface area (Å²) in [5.41, 5.74) is 2.74. The van der Waals surface area contributed by atoms with Crippen molar-refractivity contribution in [3.8, 4) is 0 Å². The largest absolute Gasteiger partial charge is 0.351 e. The van der Waals surface area contributed by atoms with Gasteiger partial charge in [-0.25, -0.2) is 4.98 Å². The molecule has 118 valence electrons. The number of piperidine rings is 1. The molecule has 5 nitrogen and oxygen atoms in total. The first kappa shape index (κ1) is 14.1. The first-order valence-corrected chi connectivity index (χ1v) is 8.09. The summed E-state index contributed by atoms with van der Waals surface area (Å²) in [6.07, 6.45) is 3.94. The lowest BCUT2D eigenvalue weighted by molar-refractivity contribution is 0.0700. The van der Waals surface area contributed by atoms with Crippen molar-refractivity contribution in [2.45, 2.75) is 25.7 Å². The van der Waals surface area contributed by atoms with Crippen LogP contribution in [0.25, 0.3) is 10.9 Å². The standard InChI is InChI=1S/C18H20N4O/c1-12-10-19-17(20-12)14-6-4-8-22(11-14)18(23)16-9-13-5-2-3-7-15(13)21-16/h2-3,5,7,9-10,14,21H,4,6,8,11H2,1H3,(H,19,20). The maximum atomic E-state index is 12.8. The van der Waals surface area contributed by atoms with Crippen molar-refractivity contribution in [2.75, 3.05) is 13.1 Å². The zero-order valence-electron chi connectivity index (χ0n) is 13.2. The van der Waals surface area contributed by atoms with Crippen molar-refractivity contribution in [1.82, 2.24) is 19.9 Å². The molecule has 1 aromatic carbocycles. The number of fused-ring (bicyclic) bond motifs is 1. The van der Waals surface area contributed by atoms with Gasteiger partial charge in [0.25, 0.3) is 5.91 Å². The maximum Gasteiger partial charge on any atom is 0.270 e. The number of carbonyl (C=O) groups is 1. The van der Waals surface area contributed by atoms with Crippen LogP contribution in [0.1, 0.15) is 40.8 Å². The van der Waals surface area contributed by atoms with Gasteiger partial charge in [-0.2, -0.15) is 0 Å². The van der Waals surface area contributed by atoms with Crippen molar-refractivity contribution >= 4 is 16.8 Å². The lowest BCUT2D eigenvalue weighted by Gasteiger charge is -2.31. The SMILES string of the molecule is Cc1cnc(C2CCCN(C(=O)c3cc4ccccc4[nH]3)C2)[nH]1. The number of carbonyl (C=O) groups excluding carboxylic acids is 1. The Bertz CT molecular complexity index is 814. The van der Waals surface area contributed by atoms with Gasteiger partial charge in [0.1, 0.15) is 11.5 Å². The molecular weight excluding hydrogens is 288 g/mol. The average molecular weight is 308 g/mol. The molecule has 0 radical (unpaired) electrons. The molecule has 1 unspecified atom stereocenters. The van der Waals surface area contributed by atoms with Crippen LogP contribution in [-0.2, 0) is 0 Å². The fourth-order valence-electron chi connectivity index (χ4n) is 3.38. The molecule has 1 fully saturated rings. The Hall–Kier alpha value is -2.56. The van der Waals surface area contributed by atoms with E-state index in [1.807, 2.05) is 48.4 Å². The van der Waals surface area contributed by atoms with Crippen LogP contribution in [0.4, 0.5) is 0 Å². The van der Waals surface area contributed by atoms with E-state index < -0.39 is 0 Å². The number of aryl methyl sites for hydroxylation is 1. The molecule has 1 amide bonds. The number of rotatable bonds is 2. The zero-order valence-corrected chi connectivity index (χ0v) is 13.2. The van der Waals surface area contributed by atoms with E-state index in [-0.39, 0.29) is 5.91 Å². The Morgan fingerprint density at radius 1 is 1.30 bits per heavy atom. The van der Waals surface area contributed by atoms with Gasteiger partial charge in [-0.15, -0.1) is 0 Å². The van der Waals surface area contributed by atoms with Gasteiger partial charge in [-0.3, -0.25) is 4.79 Å². The molecule has 3 aromatic rings. The highest BCUT2D eigenvalue weighted by molar-refractivity contribution is 5.98. The summed E-state index contributed by atoms with van der Waals surface area (Å²) in [7, 11) is 0. The van der Waals surface area contributed by atoms with Gasteiger partial charge >= 0.3 is 0 Å². The van der Waals surface area contributed by atoms with Crippen LogP contribution in [0.15, 0.2) is 36.5 Å². The summed E-state index contributed by atoms with van der Waals surface area (Å²) in [4.78, 5) is 25.7. The third kappa shape index (κ3) is 2.63. The van der Waals surface area contributed by atoms with Gasteiger partial charge in [0.05, 0.1) is 0 Å². The number of nitrogens with zero attached hydrogens (tertiary/aromatic N) is 2. The predicted molar refractivity (Wildman–Crippen MR) is 89.5 cm³/mol. The molecule has 5 heteroatoms. The maximum absolute atomic E-state index is 12.8. The second kappa shape index (κ2) is 5.57. The number of imidazole rings is 1. The van der Waals surface area contributed by atoms with Gasteiger partial charge in [0.15, 0.2) is 0 Å². The van der Waals surface area contributed by atoms with Gasteiger partial charge in [0.2, 0.25) is 0 Å². The third-order valence-electron chi connectivity index (χ3n) is 4.58. The number of nitrogens with one attached hydrogen (secondary N) is 2. The Morgan fingerprint density at radius 2 is 2.17 bits per heavy atom. The predicted octanol–water partition coefficient (Wildman–Crippen LogP) is 3.22. The Labute approximate surface area is 134 Å². The van der Waals surface area contributed by atoms with Crippen LogP contribution >= 0.6 is 0 Å². The molecule has 4 rings (SSSR count). The van der Waals surface area contributed by atoms with Crippen molar-refractivity contribution < 1.29 is 4.79 Å². The molecule has 2 N–H and O–H groups in total. The minimum atomic E-state index is 0.0779. The number of hydrogen-bond acceptors (Lipinski definition) is 2. The highest BCUT2D eigenvalue weighted by Gasteiger charge is 2.27. The van der Waals surface area contributed by atoms with Crippen molar-refractivity contribution in [1.29, 1.82) is 0 Å². The monoisotopic (exact) mass is 308 g/mol. The lowest BCUT2D eigenvalue weighted by Crippen LogP contribution is -2.39. The van der Waals surface area contributed by atoms with E-state index in [0.29, 0.717) is 11.6 Å². The van der Waals surface area contributed by atoms with E-state index in [1.165, 1.54) is 0 Å². The van der Waals surface area contributed by atoms with Crippen molar-refractivity contribution in [3.05, 3.63) is 53.7 Å². The molecular formula is C18H20N4O. The third-order valence-corrected chi connectivity index (χ3v) is 4.58. The van der Waals surface area contributed by atoms with Gasteiger partial charge in [-0.05, 0) is 31.9 Å². The van der Waals surface area contributed by atoms with Crippen LogP contribution in [0.5, 0.6) is 0 Å². The van der Waals surface area contributed by atoms with Crippen LogP contribution in [-0.4, -0.2) is 38.8 Å². The molecule has 23 heavy (non-hydrogen) atoms. The first-order chi connectivity index (χ1) is 11.2. The van der Waals surface area contributed by atoms with Gasteiger partial charge in [0, 0.05) is 41.8 Å². The Balaban J connectivity index is 1.55. The van der Waals surface area contributed by atoms with Crippen molar-refractivity contribution in [3.63, 3.8) is 0 Å². The smallest absolute Gasteiger partial charge is 0.270 e. The second-order valence-electron chi connectivity index (χ2n) is 6.31. The molecule has 0 bridgehead atoms. The molecule has 1 aliphatic rings. The summed E-state index contributed by atoms with van der Waals surface area (Å²) in [6, 6.07) is 9.92. The normalized spacial score (nSPS) is 18.5. The fraction of sp³-hybridized carbons (Fsp3) is 0.333. The number of amides is 1. The second-order valence-corrected chi connectivity index (χ2v) is 6.31. The quantitative estimate of drug-likeness (QED) is 0.763. The highest BCUT2D eigenvalue weighted by Crippen LogP contribution is 2.26. The van der Waals surface area contributed by atoms with E-state index in [4.69, 9.17) is 0 Å². The number of hydrogen-bond donors (Lipinski definition) is 2. The van der Waals surface area contributed by atoms with Gasteiger partial charge < -0.3 is 14.9 Å². The van der Waals surface area contributed by atoms with Crippen LogP contribution < -0.4 is 0 Å². The molecule has 1 atom stereocenters. The summed E-state index contributed by atoms with van der Waals surface area (Å²) in [5.74, 6) is 1.37. The van der Waals surface area contributed by atoms with Crippen LogP contribution in [0.3, 0.4) is 0 Å². The number of para-hydroxylation sites is 1.